The van der Waals surface area contributed by atoms with Crippen molar-refractivity contribution in [3.8, 4) is 0 Å². The molecular weight excluding hydrogens is 150 g/mol. The van der Waals surface area contributed by atoms with Crippen LogP contribution in [0.25, 0.3) is 0 Å². The number of carbonyl (C=O) groups excluding carboxylic acids is 1. The Morgan fingerprint density at radius 1 is 1.42 bits per heavy atom. The van der Waals surface area contributed by atoms with Gasteiger partial charge in [-0.3, -0.25) is 9.69 Å². The molecule has 1 heterocycles. The van der Waals surface area contributed by atoms with Crippen LogP contribution in [0.2, 0.25) is 0 Å². The zero-order chi connectivity index (χ0) is 9.14. The number of nitrogens with zero attached hydrogens (tertiary/aromatic N) is 1. The zero-order valence-electron chi connectivity index (χ0n) is 8.34. The van der Waals surface area contributed by atoms with E-state index in [9.17, 15) is 4.79 Å². The topological polar surface area (TPSA) is 20.3 Å². The lowest BCUT2D eigenvalue weighted by Gasteiger charge is -2.21. The summed E-state index contributed by atoms with van der Waals surface area (Å²) < 4.78 is 0. The molecular formula is C10H19NO. The van der Waals surface area contributed by atoms with E-state index >= 15 is 0 Å². The van der Waals surface area contributed by atoms with E-state index < -0.39 is 0 Å². The highest BCUT2D eigenvalue weighted by molar-refractivity contribution is 5.82. The van der Waals surface area contributed by atoms with Gasteiger partial charge in [-0.05, 0) is 11.8 Å². The normalized spacial score (nSPS) is 22.2. The second-order valence-corrected chi connectivity index (χ2v) is 4.25. The van der Waals surface area contributed by atoms with E-state index in [0.717, 1.165) is 25.4 Å². The highest BCUT2D eigenvalue weighted by Crippen LogP contribution is 2.14. The van der Waals surface area contributed by atoms with Crippen LogP contribution in [0.15, 0.2) is 0 Å². The van der Waals surface area contributed by atoms with Crippen molar-refractivity contribution in [2.45, 2.75) is 27.2 Å². The second kappa shape index (κ2) is 4.04. The molecule has 0 saturated carbocycles. The van der Waals surface area contributed by atoms with E-state index in [-0.39, 0.29) is 0 Å². The SMILES string of the molecule is CC(C)C(C)CN1CCC(=O)C1. The number of rotatable bonds is 3. The van der Waals surface area contributed by atoms with Gasteiger partial charge in [-0.25, -0.2) is 0 Å². The van der Waals surface area contributed by atoms with Crippen molar-refractivity contribution in [1.82, 2.24) is 4.90 Å². The van der Waals surface area contributed by atoms with E-state index in [2.05, 4.69) is 25.7 Å². The van der Waals surface area contributed by atoms with Crippen molar-refractivity contribution in [1.29, 1.82) is 0 Å². The maximum Gasteiger partial charge on any atom is 0.148 e. The van der Waals surface area contributed by atoms with E-state index in [1.54, 1.807) is 0 Å². The summed E-state index contributed by atoms with van der Waals surface area (Å²) >= 11 is 0. The molecule has 1 rings (SSSR count). The van der Waals surface area contributed by atoms with E-state index in [4.69, 9.17) is 0 Å². The highest BCUT2D eigenvalue weighted by Gasteiger charge is 2.21. The van der Waals surface area contributed by atoms with Crippen molar-refractivity contribution in [2.75, 3.05) is 19.6 Å². The third-order valence-corrected chi connectivity index (χ3v) is 2.79. The number of Topliss-reactive ketones (excluding diaryl/α,β-unsaturated/α-hetero) is 1. The fourth-order valence-corrected chi connectivity index (χ4v) is 1.46. The van der Waals surface area contributed by atoms with Gasteiger partial charge in [-0.15, -0.1) is 0 Å². The lowest BCUT2D eigenvalue weighted by atomic mass is 9.98. The van der Waals surface area contributed by atoms with Crippen LogP contribution in [-0.4, -0.2) is 30.3 Å². The third kappa shape index (κ3) is 2.59. The molecule has 0 radical (unpaired) electrons. The molecule has 0 bridgehead atoms. The summed E-state index contributed by atoms with van der Waals surface area (Å²) in [5, 5.41) is 0. The fourth-order valence-electron chi connectivity index (χ4n) is 1.46. The number of hydrogen-bond acceptors (Lipinski definition) is 2. The summed E-state index contributed by atoms with van der Waals surface area (Å²) in [6.07, 6.45) is 0.769. The zero-order valence-corrected chi connectivity index (χ0v) is 8.34. The van der Waals surface area contributed by atoms with Gasteiger partial charge < -0.3 is 0 Å². The Bertz CT molecular complexity index is 165. The summed E-state index contributed by atoms with van der Waals surface area (Å²) in [6, 6.07) is 0. The minimum Gasteiger partial charge on any atom is -0.298 e. The monoisotopic (exact) mass is 169 g/mol. The van der Waals surface area contributed by atoms with Crippen molar-refractivity contribution in [2.24, 2.45) is 11.8 Å². The van der Waals surface area contributed by atoms with Crippen LogP contribution >= 0.6 is 0 Å². The van der Waals surface area contributed by atoms with E-state index in [1.807, 2.05) is 0 Å². The average Bonchev–Trinajstić information content (AvgIpc) is 2.35. The maximum absolute atomic E-state index is 11.0. The molecule has 0 N–H and O–H groups in total. The van der Waals surface area contributed by atoms with Crippen LogP contribution in [0.4, 0.5) is 0 Å². The molecule has 0 spiro atoms. The molecule has 2 nitrogen and oxygen atoms in total. The van der Waals surface area contributed by atoms with Crippen LogP contribution in [-0.2, 0) is 4.79 Å². The minimum atomic E-state index is 0.408. The van der Waals surface area contributed by atoms with Crippen LogP contribution in [0.1, 0.15) is 27.2 Å². The van der Waals surface area contributed by atoms with E-state index in [0.29, 0.717) is 18.2 Å². The minimum absolute atomic E-state index is 0.408. The molecule has 1 aliphatic heterocycles. The van der Waals surface area contributed by atoms with Crippen molar-refractivity contribution in [3.05, 3.63) is 0 Å². The van der Waals surface area contributed by atoms with Gasteiger partial charge in [0.15, 0.2) is 0 Å². The summed E-state index contributed by atoms with van der Waals surface area (Å²) in [6.45, 7) is 9.49. The first-order valence-corrected chi connectivity index (χ1v) is 4.83. The lowest BCUT2D eigenvalue weighted by molar-refractivity contribution is -0.116. The molecule has 1 unspecified atom stereocenters. The Kier molecular flexibility index (Phi) is 3.27. The maximum atomic E-state index is 11.0. The summed E-state index contributed by atoms with van der Waals surface area (Å²) in [5.41, 5.74) is 0. The first-order valence-electron chi connectivity index (χ1n) is 4.83. The van der Waals surface area contributed by atoms with Crippen LogP contribution in [0, 0.1) is 11.8 Å². The quantitative estimate of drug-likeness (QED) is 0.639. The molecule has 0 amide bonds. The smallest absolute Gasteiger partial charge is 0.148 e. The molecule has 70 valence electrons. The number of carbonyl (C=O) groups is 1. The first kappa shape index (κ1) is 9.72. The van der Waals surface area contributed by atoms with Gasteiger partial charge in [0.05, 0.1) is 6.54 Å². The van der Waals surface area contributed by atoms with Gasteiger partial charge in [-0.1, -0.05) is 20.8 Å². The Morgan fingerprint density at radius 2 is 2.08 bits per heavy atom. The Hall–Kier alpha value is -0.370. The first-order chi connectivity index (χ1) is 5.59. The van der Waals surface area contributed by atoms with Crippen LogP contribution < -0.4 is 0 Å². The predicted molar refractivity (Wildman–Crippen MR) is 50.1 cm³/mol. The standard InChI is InChI=1S/C10H19NO/c1-8(2)9(3)6-11-5-4-10(12)7-11/h8-9H,4-7H2,1-3H3. The molecule has 1 atom stereocenters. The summed E-state index contributed by atoms with van der Waals surface area (Å²) in [7, 11) is 0. The number of ketones is 1. The highest BCUT2D eigenvalue weighted by atomic mass is 16.1. The molecule has 0 aromatic rings. The molecule has 0 aliphatic carbocycles. The van der Waals surface area contributed by atoms with Gasteiger partial charge >= 0.3 is 0 Å². The molecule has 0 aromatic heterocycles. The van der Waals surface area contributed by atoms with Crippen molar-refractivity contribution >= 4 is 5.78 Å². The Morgan fingerprint density at radius 3 is 2.50 bits per heavy atom. The molecule has 1 aliphatic rings. The molecule has 2 heteroatoms. The second-order valence-electron chi connectivity index (χ2n) is 4.25. The lowest BCUT2D eigenvalue weighted by Crippen LogP contribution is -2.28. The third-order valence-electron chi connectivity index (χ3n) is 2.79. The van der Waals surface area contributed by atoms with Gasteiger partial charge in [0.1, 0.15) is 5.78 Å². The van der Waals surface area contributed by atoms with Crippen LogP contribution in [0.5, 0.6) is 0 Å². The van der Waals surface area contributed by atoms with Crippen molar-refractivity contribution in [3.63, 3.8) is 0 Å². The van der Waals surface area contributed by atoms with E-state index in [1.165, 1.54) is 0 Å². The van der Waals surface area contributed by atoms with Gasteiger partial charge in [0.2, 0.25) is 0 Å². The molecule has 0 aromatic carbocycles. The summed E-state index contributed by atoms with van der Waals surface area (Å²) in [5.74, 6) is 1.84. The predicted octanol–water partition coefficient (Wildman–Crippen LogP) is 1.55. The molecule has 1 fully saturated rings. The van der Waals surface area contributed by atoms with Crippen LogP contribution in [0.3, 0.4) is 0 Å². The number of likely N-dealkylation sites (tertiary alicyclic amines) is 1. The number of hydrogen-bond donors (Lipinski definition) is 0. The van der Waals surface area contributed by atoms with Crippen molar-refractivity contribution < 1.29 is 4.79 Å². The molecule has 12 heavy (non-hydrogen) atoms. The average molecular weight is 169 g/mol. The largest absolute Gasteiger partial charge is 0.298 e. The Labute approximate surface area is 74.9 Å². The summed E-state index contributed by atoms with van der Waals surface area (Å²) in [4.78, 5) is 13.2. The molecule has 1 saturated heterocycles. The van der Waals surface area contributed by atoms with Gasteiger partial charge in [-0.2, -0.15) is 0 Å². The van der Waals surface area contributed by atoms with Gasteiger partial charge in [0, 0.05) is 19.5 Å². The Balaban J connectivity index is 2.27. The fraction of sp³-hybridized carbons (Fsp3) is 0.900. The van der Waals surface area contributed by atoms with Gasteiger partial charge in [0.25, 0.3) is 0 Å².